The third-order valence-corrected chi connectivity index (χ3v) is 6.64. The van der Waals surface area contributed by atoms with Gasteiger partial charge in [0.25, 0.3) is 0 Å². The molecule has 0 aliphatic heterocycles. The highest BCUT2D eigenvalue weighted by Gasteiger charge is 2.14. The van der Waals surface area contributed by atoms with Gasteiger partial charge in [-0.1, -0.05) is 86.6 Å². The van der Waals surface area contributed by atoms with Gasteiger partial charge in [-0.25, -0.2) is 4.79 Å². The van der Waals surface area contributed by atoms with Gasteiger partial charge in [0.1, 0.15) is 5.58 Å². The van der Waals surface area contributed by atoms with Crippen molar-refractivity contribution in [3.63, 3.8) is 0 Å². The second-order valence-electron chi connectivity index (χ2n) is 8.57. The van der Waals surface area contributed by atoms with Crippen LogP contribution in [-0.4, -0.2) is 4.57 Å². The predicted octanol–water partition coefficient (Wildman–Crippen LogP) is 8.74. The van der Waals surface area contributed by atoms with Gasteiger partial charge in [-0.05, 0) is 59.0 Å². The number of rotatable bonds is 2. The minimum absolute atomic E-state index is 0.308. The number of para-hydroxylation sites is 3. The molecular weight excluding hydrogens is 442 g/mol. The van der Waals surface area contributed by atoms with Crippen LogP contribution in [0.1, 0.15) is 13.8 Å². The molecule has 36 heavy (non-hydrogen) atoms. The van der Waals surface area contributed by atoms with Gasteiger partial charge in [0.2, 0.25) is 0 Å². The van der Waals surface area contributed by atoms with Gasteiger partial charge in [-0.15, -0.1) is 0 Å². The molecule has 0 amide bonds. The normalized spacial score (nSPS) is 11.2. The van der Waals surface area contributed by atoms with E-state index in [0.29, 0.717) is 11.0 Å². The molecule has 3 heteroatoms. The van der Waals surface area contributed by atoms with E-state index in [2.05, 4.69) is 77.4 Å². The van der Waals surface area contributed by atoms with E-state index in [9.17, 15) is 4.79 Å². The Bertz CT molecular complexity index is 1930. The molecular formula is C33H25NO2. The fraction of sp³-hybridized carbons (Fsp3) is 0.0606. The molecule has 0 bridgehead atoms. The molecule has 0 fully saturated rings. The molecule has 0 spiro atoms. The van der Waals surface area contributed by atoms with Crippen molar-refractivity contribution in [2.75, 3.05) is 0 Å². The molecule has 3 nitrogen and oxygen atoms in total. The summed E-state index contributed by atoms with van der Waals surface area (Å²) in [4.78, 5) is 12.8. The van der Waals surface area contributed by atoms with E-state index < -0.39 is 0 Å². The highest BCUT2D eigenvalue weighted by Crippen LogP contribution is 2.35. The molecule has 0 radical (unpaired) electrons. The predicted molar refractivity (Wildman–Crippen MR) is 151 cm³/mol. The van der Waals surface area contributed by atoms with E-state index in [1.54, 1.807) is 0 Å². The average molecular weight is 468 g/mol. The van der Waals surface area contributed by atoms with E-state index in [4.69, 9.17) is 4.42 Å². The van der Waals surface area contributed by atoms with Crippen LogP contribution in [0.4, 0.5) is 0 Å². The quantitative estimate of drug-likeness (QED) is 0.188. The van der Waals surface area contributed by atoms with Gasteiger partial charge in [0.15, 0.2) is 0 Å². The zero-order valence-electron chi connectivity index (χ0n) is 20.2. The summed E-state index contributed by atoms with van der Waals surface area (Å²) in [6, 6.07) is 39.2. The lowest BCUT2D eigenvalue weighted by molar-refractivity contribution is 0.569. The van der Waals surface area contributed by atoms with Crippen LogP contribution in [0.5, 0.6) is 0 Å². The molecule has 7 aromatic rings. The summed E-state index contributed by atoms with van der Waals surface area (Å²) >= 11 is 0. The molecule has 2 aromatic heterocycles. The molecule has 0 aliphatic rings. The molecule has 0 aliphatic carbocycles. The van der Waals surface area contributed by atoms with E-state index in [1.807, 2.05) is 56.3 Å². The molecule has 0 saturated carbocycles. The lowest BCUT2D eigenvalue weighted by Crippen LogP contribution is -2.00. The van der Waals surface area contributed by atoms with Crippen molar-refractivity contribution in [2.24, 2.45) is 0 Å². The Labute approximate surface area is 208 Å². The van der Waals surface area contributed by atoms with Crippen LogP contribution in [0.2, 0.25) is 0 Å². The first kappa shape index (κ1) is 21.9. The summed E-state index contributed by atoms with van der Waals surface area (Å²) in [5.74, 6) is 0. The van der Waals surface area contributed by atoms with Gasteiger partial charge < -0.3 is 8.98 Å². The number of aromatic nitrogens is 1. The molecule has 0 atom stereocenters. The fourth-order valence-electron chi connectivity index (χ4n) is 5.07. The average Bonchev–Trinajstić information content (AvgIpc) is 3.28. The van der Waals surface area contributed by atoms with Gasteiger partial charge in [-0.3, -0.25) is 0 Å². The fourth-order valence-corrected chi connectivity index (χ4v) is 5.07. The highest BCUT2D eigenvalue weighted by atomic mass is 16.4. The first-order valence-corrected chi connectivity index (χ1v) is 12.3. The van der Waals surface area contributed by atoms with Crippen molar-refractivity contribution in [3.8, 4) is 16.8 Å². The number of fused-ring (bicyclic) bond motifs is 6. The maximum Gasteiger partial charge on any atom is 0.344 e. The van der Waals surface area contributed by atoms with Crippen molar-refractivity contribution < 1.29 is 4.42 Å². The minimum Gasteiger partial charge on any atom is -0.422 e. The maximum absolute atomic E-state index is 12.8. The Morgan fingerprint density at radius 1 is 0.528 bits per heavy atom. The third kappa shape index (κ3) is 3.40. The summed E-state index contributed by atoms with van der Waals surface area (Å²) < 4.78 is 7.89. The number of nitrogens with zero attached hydrogens (tertiary/aromatic N) is 1. The van der Waals surface area contributed by atoms with Crippen LogP contribution in [0.3, 0.4) is 0 Å². The Hall–Kier alpha value is -4.63. The Morgan fingerprint density at radius 2 is 1.14 bits per heavy atom. The molecule has 5 aromatic carbocycles. The van der Waals surface area contributed by atoms with Gasteiger partial charge >= 0.3 is 5.63 Å². The second kappa shape index (κ2) is 8.86. The number of hydrogen-bond acceptors (Lipinski definition) is 2. The first-order chi connectivity index (χ1) is 17.8. The molecule has 0 saturated heterocycles. The zero-order valence-corrected chi connectivity index (χ0v) is 20.2. The second-order valence-corrected chi connectivity index (χ2v) is 8.57. The highest BCUT2D eigenvalue weighted by molar-refractivity contribution is 6.11. The largest absolute Gasteiger partial charge is 0.422 e. The summed E-state index contributed by atoms with van der Waals surface area (Å²) in [6.45, 7) is 4.00. The van der Waals surface area contributed by atoms with E-state index in [-0.39, 0.29) is 5.63 Å². The molecule has 0 N–H and O–H groups in total. The van der Waals surface area contributed by atoms with Crippen molar-refractivity contribution in [2.45, 2.75) is 13.8 Å². The van der Waals surface area contributed by atoms with Crippen LogP contribution >= 0.6 is 0 Å². The minimum atomic E-state index is -0.308. The molecule has 174 valence electrons. The van der Waals surface area contributed by atoms with Crippen molar-refractivity contribution in [3.05, 3.63) is 126 Å². The summed E-state index contributed by atoms with van der Waals surface area (Å²) in [5.41, 5.74) is 5.83. The van der Waals surface area contributed by atoms with E-state index in [0.717, 1.165) is 33.1 Å². The zero-order chi connectivity index (χ0) is 24.6. The summed E-state index contributed by atoms with van der Waals surface area (Å²) in [6.07, 6.45) is 0. The van der Waals surface area contributed by atoms with Crippen LogP contribution in [-0.2, 0) is 0 Å². The van der Waals surface area contributed by atoms with Crippen LogP contribution < -0.4 is 5.63 Å². The van der Waals surface area contributed by atoms with Gasteiger partial charge in [0, 0.05) is 21.8 Å². The number of benzene rings is 5. The van der Waals surface area contributed by atoms with Crippen molar-refractivity contribution in [1.82, 2.24) is 4.57 Å². The Morgan fingerprint density at radius 3 is 1.94 bits per heavy atom. The maximum atomic E-state index is 12.8. The first-order valence-electron chi connectivity index (χ1n) is 12.3. The summed E-state index contributed by atoms with van der Waals surface area (Å²) in [7, 11) is 0. The topological polar surface area (TPSA) is 35.1 Å². The van der Waals surface area contributed by atoms with E-state index in [1.165, 1.54) is 16.3 Å². The molecule has 0 unspecified atom stereocenters. The third-order valence-electron chi connectivity index (χ3n) is 6.64. The molecule has 7 rings (SSSR count). The van der Waals surface area contributed by atoms with Crippen LogP contribution in [0, 0.1) is 0 Å². The SMILES string of the molecule is CC.O=c1oc2ccccc2c2ccc(-c3ccc4c(c3)c3ccccc3n4-c3ccccc3)cc12. The number of hydrogen-bond donors (Lipinski definition) is 0. The van der Waals surface area contributed by atoms with Gasteiger partial charge in [-0.2, -0.15) is 0 Å². The lowest BCUT2D eigenvalue weighted by atomic mass is 9.99. The smallest absolute Gasteiger partial charge is 0.344 e. The molecule has 2 heterocycles. The Kier molecular flexibility index (Phi) is 5.38. The standard InChI is InChI=1S/C31H19NO2.C2H6/c33-31-27-19-20(14-16-23(27)25-11-5-7-13-30(25)34-31)21-15-17-29-26(18-21)24-10-4-6-12-28(24)32(29)22-8-2-1-3-9-22;1-2/h1-19H;1-2H3. The van der Waals surface area contributed by atoms with Gasteiger partial charge in [0.05, 0.1) is 16.4 Å². The van der Waals surface area contributed by atoms with E-state index >= 15 is 0 Å². The monoisotopic (exact) mass is 467 g/mol. The summed E-state index contributed by atoms with van der Waals surface area (Å²) in [5, 5.41) is 4.85. The lowest BCUT2D eigenvalue weighted by Gasteiger charge is -2.09. The van der Waals surface area contributed by atoms with Crippen molar-refractivity contribution >= 4 is 43.5 Å². The Balaban J connectivity index is 0.00000117. The van der Waals surface area contributed by atoms with Crippen LogP contribution in [0.15, 0.2) is 124 Å². The van der Waals surface area contributed by atoms with Crippen molar-refractivity contribution in [1.29, 1.82) is 0 Å². The van der Waals surface area contributed by atoms with Crippen LogP contribution in [0.25, 0.3) is 60.4 Å².